The van der Waals surface area contributed by atoms with E-state index in [1.165, 1.54) is 6.07 Å². The van der Waals surface area contributed by atoms with Gasteiger partial charge in [0.1, 0.15) is 16.7 Å². The predicted octanol–water partition coefficient (Wildman–Crippen LogP) is 3.45. The van der Waals surface area contributed by atoms with E-state index in [1.807, 2.05) is 11.0 Å². The zero-order valence-electron chi connectivity index (χ0n) is 13.7. The number of nitro groups is 1. The molecule has 0 aliphatic carbocycles. The number of hydrogen-bond donors (Lipinski definition) is 1. The number of amides is 1. The molecule has 26 heavy (non-hydrogen) atoms. The number of rotatable bonds is 4. The van der Waals surface area contributed by atoms with E-state index in [-0.39, 0.29) is 11.3 Å². The lowest BCUT2D eigenvalue weighted by atomic mass is 10.1. The van der Waals surface area contributed by atoms with Gasteiger partial charge >= 0.3 is 0 Å². The fraction of sp³-hybridized carbons (Fsp3) is 0.235. The van der Waals surface area contributed by atoms with Crippen LogP contribution >= 0.6 is 11.7 Å². The minimum atomic E-state index is -0.435. The van der Waals surface area contributed by atoms with Crippen molar-refractivity contribution in [2.45, 2.75) is 12.8 Å². The highest BCUT2D eigenvalue weighted by atomic mass is 32.1. The lowest BCUT2D eigenvalue weighted by Gasteiger charge is -2.17. The first kappa shape index (κ1) is 16.4. The fourth-order valence-electron chi connectivity index (χ4n) is 3.14. The molecular formula is C17H15N5O3S. The molecule has 0 atom stereocenters. The average Bonchev–Trinajstić information content (AvgIpc) is 3.33. The largest absolute Gasteiger partial charge is 0.366 e. The molecule has 1 aliphatic heterocycles. The molecule has 0 unspecified atom stereocenters. The molecule has 1 aliphatic rings. The zero-order chi connectivity index (χ0) is 18.1. The van der Waals surface area contributed by atoms with Gasteiger partial charge in [0.15, 0.2) is 0 Å². The Labute approximate surface area is 152 Å². The van der Waals surface area contributed by atoms with E-state index in [0.717, 1.165) is 37.7 Å². The maximum atomic E-state index is 12.6. The Hall–Kier alpha value is -3.07. The van der Waals surface area contributed by atoms with Crippen LogP contribution in [0.15, 0.2) is 36.4 Å². The second kappa shape index (κ2) is 6.68. The monoisotopic (exact) mass is 369 g/mol. The molecule has 2 heterocycles. The molecule has 1 N–H and O–H groups in total. The Kier molecular flexibility index (Phi) is 4.21. The molecule has 132 valence electrons. The standard InChI is InChI=1S/C17H15N5O3S/c23-17(18-12-4-3-5-13-16(12)20-26-19-13)11-6-7-14(15(10-11)22(24)25)21-8-1-2-9-21/h3-7,10H,1-2,8-9H2,(H,18,23). The summed E-state index contributed by atoms with van der Waals surface area (Å²) in [6.45, 7) is 1.59. The van der Waals surface area contributed by atoms with Gasteiger partial charge in [-0.2, -0.15) is 8.75 Å². The third-order valence-electron chi connectivity index (χ3n) is 4.42. The van der Waals surface area contributed by atoms with Crippen molar-refractivity contribution < 1.29 is 9.72 Å². The number of carbonyl (C=O) groups is 1. The molecule has 0 spiro atoms. The van der Waals surface area contributed by atoms with E-state index in [0.29, 0.717) is 22.4 Å². The van der Waals surface area contributed by atoms with E-state index in [2.05, 4.69) is 14.1 Å². The SMILES string of the molecule is O=C(Nc1cccc2nsnc12)c1ccc(N2CCCC2)c([N+](=O)[O-])c1. The van der Waals surface area contributed by atoms with Gasteiger partial charge in [0, 0.05) is 24.7 Å². The van der Waals surface area contributed by atoms with Gasteiger partial charge in [-0.1, -0.05) is 6.07 Å². The lowest BCUT2D eigenvalue weighted by Crippen LogP contribution is -2.19. The quantitative estimate of drug-likeness (QED) is 0.558. The molecule has 4 rings (SSSR count). The second-order valence-electron chi connectivity index (χ2n) is 6.05. The molecule has 1 saturated heterocycles. The highest BCUT2D eigenvalue weighted by molar-refractivity contribution is 7.00. The summed E-state index contributed by atoms with van der Waals surface area (Å²) in [6, 6.07) is 9.93. The highest BCUT2D eigenvalue weighted by Gasteiger charge is 2.24. The number of benzene rings is 2. The van der Waals surface area contributed by atoms with Crippen LogP contribution in [-0.2, 0) is 0 Å². The van der Waals surface area contributed by atoms with E-state index in [1.54, 1.807) is 24.3 Å². The van der Waals surface area contributed by atoms with Gasteiger partial charge in [-0.15, -0.1) is 0 Å². The third-order valence-corrected chi connectivity index (χ3v) is 4.96. The van der Waals surface area contributed by atoms with Gasteiger partial charge in [0.25, 0.3) is 11.6 Å². The van der Waals surface area contributed by atoms with Crippen LogP contribution in [0.3, 0.4) is 0 Å². The number of nitrogens with zero attached hydrogens (tertiary/aromatic N) is 4. The molecule has 3 aromatic rings. The molecule has 1 amide bonds. The van der Waals surface area contributed by atoms with E-state index in [9.17, 15) is 14.9 Å². The van der Waals surface area contributed by atoms with Crippen molar-refractivity contribution in [1.82, 2.24) is 8.75 Å². The minimum Gasteiger partial charge on any atom is -0.366 e. The lowest BCUT2D eigenvalue weighted by molar-refractivity contribution is -0.384. The van der Waals surface area contributed by atoms with Crippen molar-refractivity contribution in [3.63, 3.8) is 0 Å². The van der Waals surface area contributed by atoms with Gasteiger partial charge in [-0.05, 0) is 37.1 Å². The predicted molar refractivity (Wildman–Crippen MR) is 99.9 cm³/mol. The van der Waals surface area contributed by atoms with Crippen LogP contribution in [0.1, 0.15) is 23.2 Å². The number of fused-ring (bicyclic) bond motifs is 1. The molecular weight excluding hydrogens is 354 g/mol. The van der Waals surface area contributed by atoms with Crippen molar-refractivity contribution >= 4 is 45.7 Å². The number of hydrogen-bond acceptors (Lipinski definition) is 7. The summed E-state index contributed by atoms with van der Waals surface area (Å²) in [5.74, 6) is -0.415. The maximum Gasteiger partial charge on any atom is 0.293 e. The van der Waals surface area contributed by atoms with E-state index < -0.39 is 10.8 Å². The van der Waals surface area contributed by atoms with Crippen molar-refractivity contribution in [1.29, 1.82) is 0 Å². The summed E-state index contributed by atoms with van der Waals surface area (Å²) >= 11 is 1.07. The minimum absolute atomic E-state index is 0.0481. The topological polar surface area (TPSA) is 101 Å². The summed E-state index contributed by atoms with van der Waals surface area (Å²) in [7, 11) is 0. The first-order valence-corrected chi connectivity index (χ1v) is 8.92. The van der Waals surface area contributed by atoms with E-state index >= 15 is 0 Å². The first-order valence-electron chi connectivity index (χ1n) is 8.19. The van der Waals surface area contributed by atoms with E-state index in [4.69, 9.17) is 0 Å². The molecule has 0 radical (unpaired) electrons. The Bertz CT molecular complexity index is 997. The van der Waals surface area contributed by atoms with Crippen LogP contribution in [0.4, 0.5) is 17.1 Å². The van der Waals surface area contributed by atoms with Crippen LogP contribution in [0.25, 0.3) is 11.0 Å². The number of nitrogens with one attached hydrogen (secondary N) is 1. The number of nitro benzene ring substituents is 1. The van der Waals surface area contributed by atoms with Gasteiger partial charge in [-0.25, -0.2) is 0 Å². The van der Waals surface area contributed by atoms with Crippen LogP contribution in [0, 0.1) is 10.1 Å². The number of anilines is 2. The summed E-state index contributed by atoms with van der Waals surface area (Å²) in [5, 5.41) is 14.3. The van der Waals surface area contributed by atoms with Gasteiger partial charge < -0.3 is 10.2 Å². The molecule has 0 bridgehead atoms. The van der Waals surface area contributed by atoms with Crippen molar-refractivity contribution in [2.24, 2.45) is 0 Å². The molecule has 8 nitrogen and oxygen atoms in total. The number of aromatic nitrogens is 2. The van der Waals surface area contributed by atoms with Crippen LogP contribution in [0.5, 0.6) is 0 Å². The summed E-state index contributed by atoms with van der Waals surface area (Å²) < 4.78 is 8.32. The molecule has 1 fully saturated rings. The average molecular weight is 369 g/mol. The molecule has 1 aromatic heterocycles. The van der Waals surface area contributed by atoms with Gasteiger partial charge in [0.05, 0.1) is 22.3 Å². The Balaban J connectivity index is 1.64. The second-order valence-corrected chi connectivity index (χ2v) is 6.57. The fourth-order valence-corrected chi connectivity index (χ4v) is 3.69. The Morgan fingerprint density at radius 3 is 2.77 bits per heavy atom. The Morgan fingerprint density at radius 1 is 1.19 bits per heavy atom. The number of carbonyl (C=O) groups excluding carboxylic acids is 1. The smallest absolute Gasteiger partial charge is 0.293 e. The molecule has 9 heteroatoms. The molecule has 2 aromatic carbocycles. The van der Waals surface area contributed by atoms with Gasteiger partial charge in [-0.3, -0.25) is 14.9 Å². The van der Waals surface area contributed by atoms with Crippen LogP contribution in [0.2, 0.25) is 0 Å². The van der Waals surface area contributed by atoms with Crippen molar-refractivity contribution in [3.8, 4) is 0 Å². The maximum absolute atomic E-state index is 12.6. The summed E-state index contributed by atoms with van der Waals surface area (Å²) in [5.41, 5.74) is 2.59. The zero-order valence-corrected chi connectivity index (χ0v) is 14.5. The van der Waals surface area contributed by atoms with Gasteiger partial charge in [0.2, 0.25) is 0 Å². The molecule has 0 saturated carbocycles. The van der Waals surface area contributed by atoms with Crippen LogP contribution < -0.4 is 10.2 Å². The summed E-state index contributed by atoms with van der Waals surface area (Å²) in [4.78, 5) is 25.6. The summed E-state index contributed by atoms with van der Waals surface area (Å²) in [6.07, 6.45) is 2.04. The van der Waals surface area contributed by atoms with Crippen molar-refractivity contribution in [2.75, 3.05) is 23.3 Å². The first-order chi connectivity index (χ1) is 12.6. The van der Waals surface area contributed by atoms with Crippen LogP contribution in [-0.4, -0.2) is 32.7 Å². The van der Waals surface area contributed by atoms with Crippen molar-refractivity contribution in [3.05, 3.63) is 52.1 Å². The normalized spacial score (nSPS) is 13.9. The third kappa shape index (κ3) is 2.97. The highest BCUT2D eigenvalue weighted by Crippen LogP contribution is 2.32. The Morgan fingerprint density at radius 2 is 2.00 bits per heavy atom.